The van der Waals surface area contributed by atoms with Crippen molar-refractivity contribution < 1.29 is 4.79 Å². The fourth-order valence-electron chi connectivity index (χ4n) is 3.37. The van der Waals surface area contributed by atoms with E-state index in [-0.39, 0.29) is 11.8 Å². The third kappa shape index (κ3) is 3.14. The summed E-state index contributed by atoms with van der Waals surface area (Å²) in [5.41, 5.74) is 2.45. The minimum absolute atomic E-state index is 0.0770. The molecule has 0 aromatic heterocycles. The van der Waals surface area contributed by atoms with Gasteiger partial charge in [0.1, 0.15) is 0 Å². The van der Waals surface area contributed by atoms with Gasteiger partial charge in [0.05, 0.1) is 5.92 Å². The zero-order chi connectivity index (χ0) is 13.8. The first-order valence-corrected chi connectivity index (χ1v) is 7.95. The lowest BCUT2D eigenvalue weighted by Crippen LogP contribution is -2.43. The molecular weight excluding hydrogens is 248 g/mol. The van der Waals surface area contributed by atoms with Crippen LogP contribution >= 0.6 is 0 Å². The third-order valence-corrected chi connectivity index (χ3v) is 4.59. The van der Waals surface area contributed by atoms with Gasteiger partial charge >= 0.3 is 0 Å². The number of fused-ring (bicyclic) bond motifs is 1. The van der Waals surface area contributed by atoms with Crippen molar-refractivity contribution >= 4 is 11.6 Å². The van der Waals surface area contributed by atoms with Crippen LogP contribution in [-0.4, -0.2) is 18.5 Å². The zero-order valence-electron chi connectivity index (χ0n) is 12.0. The summed E-state index contributed by atoms with van der Waals surface area (Å²) in [5.74, 6) is 0.312. The number of amides is 1. The number of rotatable bonds is 2. The van der Waals surface area contributed by atoms with E-state index in [1.807, 2.05) is 12.1 Å². The number of benzene rings is 1. The van der Waals surface area contributed by atoms with Crippen molar-refractivity contribution in [2.75, 3.05) is 11.9 Å². The maximum Gasteiger partial charge on any atom is 0.225 e. The summed E-state index contributed by atoms with van der Waals surface area (Å²) in [7, 11) is 0. The molecule has 1 amide bonds. The van der Waals surface area contributed by atoms with Crippen LogP contribution in [0.4, 0.5) is 5.69 Å². The molecule has 0 spiro atoms. The highest BCUT2D eigenvalue weighted by atomic mass is 16.2. The van der Waals surface area contributed by atoms with E-state index in [0.717, 1.165) is 25.8 Å². The van der Waals surface area contributed by atoms with Gasteiger partial charge in [-0.1, -0.05) is 43.9 Å². The van der Waals surface area contributed by atoms with E-state index in [9.17, 15) is 4.79 Å². The normalized spacial score (nSPS) is 23.3. The molecule has 108 valence electrons. The molecule has 3 heteroatoms. The summed E-state index contributed by atoms with van der Waals surface area (Å²) in [4.78, 5) is 12.4. The van der Waals surface area contributed by atoms with Crippen LogP contribution < -0.4 is 10.6 Å². The van der Waals surface area contributed by atoms with Gasteiger partial charge in [-0.3, -0.25) is 4.79 Å². The number of nitrogens with one attached hydrogen (secondary N) is 2. The van der Waals surface area contributed by atoms with Crippen LogP contribution in [0.2, 0.25) is 0 Å². The van der Waals surface area contributed by atoms with Gasteiger partial charge in [0, 0.05) is 18.3 Å². The standard InChI is InChI=1S/C17H24N2O/c20-17(19-15-8-3-1-2-4-9-15)14-11-13-7-5-6-10-16(13)18-12-14/h5-7,10,14-15,18H,1-4,8-9,11-12H2,(H,19,20). The van der Waals surface area contributed by atoms with Gasteiger partial charge in [0.25, 0.3) is 0 Å². The second-order valence-corrected chi connectivity index (χ2v) is 6.14. The molecular formula is C17H24N2O. The Bertz CT molecular complexity index is 464. The largest absolute Gasteiger partial charge is 0.384 e. The number of hydrogen-bond donors (Lipinski definition) is 2. The molecule has 20 heavy (non-hydrogen) atoms. The van der Waals surface area contributed by atoms with Gasteiger partial charge in [-0.15, -0.1) is 0 Å². The second kappa shape index (κ2) is 6.29. The Morgan fingerprint density at radius 2 is 1.85 bits per heavy atom. The van der Waals surface area contributed by atoms with Gasteiger partial charge in [-0.25, -0.2) is 0 Å². The molecule has 1 aliphatic heterocycles. The third-order valence-electron chi connectivity index (χ3n) is 4.59. The van der Waals surface area contributed by atoms with Gasteiger partial charge < -0.3 is 10.6 Å². The molecule has 1 atom stereocenters. The molecule has 2 N–H and O–H groups in total. The molecule has 3 rings (SSSR count). The lowest BCUT2D eigenvalue weighted by Gasteiger charge is -2.27. The molecule has 1 saturated carbocycles. The van der Waals surface area contributed by atoms with Gasteiger partial charge in [-0.2, -0.15) is 0 Å². The maximum absolute atomic E-state index is 12.4. The smallest absolute Gasteiger partial charge is 0.225 e. The summed E-state index contributed by atoms with van der Waals surface area (Å²) >= 11 is 0. The van der Waals surface area contributed by atoms with E-state index >= 15 is 0 Å². The predicted molar refractivity (Wildman–Crippen MR) is 81.8 cm³/mol. The van der Waals surface area contributed by atoms with Crippen LogP contribution in [0, 0.1) is 5.92 Å². The number of hydrogen-bond acceptors (Lipinski definition) is 2. The van der Waals surface area contributed by atoms with Crippen LogP contribution in [0.1, 0.15) is 44.1 Å². The lowest BCUT2D eigenvalue weighted by atomic mass is 9.93. The molecule has 0 bridgehead atoms. The average molecular weight is 272 g/mol. The number of carbonyl (C=O) groups excluding carboxylic acids is 1. The molecule has 1 heterocycles. The second-order valence-electron chi connectivity index (χ2n) is 6.14. The fraction of sp³-hybridized carbons (Fsp3) is 0.588. The Morgan fingerprint density at radius 1 is 1.10 bits per heavy atom. The Labute approximate surface area is 121 Å². The summed E-state index contributed by atoms with van der Waals surface area (Å²) in [5, 5.41) is 6.66. The zero-order valence-corrected chi connectivity index (χ0v) is 12.0. The maximum atomic E-state index is 12.4. The first-order valence-electron chi connectivity index (χ1n) is 7.95. The summed E-state index contributed by atoms with van der Waals surface area (Å²) in [6.07, 6.45) is 8.34. The van der Waals surface area contributed by atoms with Crippen molar-refractivity contribution in [1.82, 2.24) is 5.32 Å². The topological polar surface area (TPSA) is 41.1 Å². The van der Waals surface area contributed by atoms with Crippen molar-refractivity contribution in [3.05, 3.63) is 29.8 Å². The molecule has 2 aliphatic rings. The highest BCUT2D eigenvalue weighted by Gasteiger charge is 2.26. The van der Waals surface area contributed by atoms with Gasteiger partial charge in [-0.05, 0) is 30.9 Å². The Kier molecular flexibility index (Phi) is 4.24. The van der Waals surface area contributed by atoms with Gasteiger partial charge in [0.15, 0.2) is 0 Å². The van der Waals surface area contributed by atoms with Crippen LogP contribution in [0.15, 0.2) is 24.3 Å². The molecule has 0 saturated heterocycles. The Morgan fingerprint density at radius 3 is 2.65 bits per heavy atom. The minimum Gasteiger partial charge on any atom is -0.384 e. The Balaban J connectivity index is 1.58. The van der Waals surface area contributed by atoms with E-state index < -0.39 is 0 Å². The van der Waals surface area contributed by atoms with Crippen LogP contribution in [0.3, 0.4) is 0 Å². The fourth-order valence-corrected chi connectivity index (χ4v) is 3.37. The summed E-state index contributed by atoms with van der Waals surface area (Å²) < 4.78 is 0. The molecule has 1 aromatic carbocycles. The quantitative estimate of drug-likeness (QED) is 0.812. The van der Waals surface area contributed by atoms with Crippen LogP contribution in [0.25, 0.3) is 0 Å². The summed E-state index contributed by atoms with van der Waals surface area (Å²) in [6.45, 7) is 0.759. The first-order chi connectivity index (χ1) is 9.83. The number of para-hydroxylation sites is 1. The molecule has 1 fully saturated rings. The van der Waals surface area contributed by atoms with Crippen molar-refractivity contribution in [3.63, 3.8) is 0 Å². The van der Waals surface area contributed by atoms with E-state index in [4.69, 9.17) is 0 Å². The van der Waals surface area contributed by atoms with E-state index in [1.165, 1.54) is 36.9 Å². The van der Waals surface area contributed by atoms with Crippen molar-refractivity contribution in [1.29, 1.82) is 0 Å². The van der Waals surface area contributed by atoms with Crippen molar-refractivity contribution in [3.8, 4) is 0 Å². The minimum atomic E-state index is 0.0770. The summed E-state index contributed by atoms with van der Waals surface area (Å²) in [6, 6.07) is 8.70. The first kappa shape index (κ1) is 13.5. The SMILES string of the molecule is O=C(NC1CCCCCC1)C1CNc2ccccc2C1. The molecule has 3 nitrogen and oxygen atoms in total. The average Bonchev–Trinajstić information content (AvgIpc) is 2.75. The van der Waals surface area contributed by atoms with E-state index in [0.29, 0.717) is 6.04 Å². The monoisotopic (exact) mass is 272 g/mol. The number of carbonyl (C=O) groups is 1. The van der Waals surface area contributed by atoms with Crippen LogP contribution in [-0.2, 0) is 11.2 Å². The molecule has 1 unspecified atom stereocenters. The molecule has 1 aromatic rings. The highest BCUT2D eigenvalue weighted by molar-refractivity contribution is 5.81. The number of anilines is 1. The van der Waals surface area contributed by atoms with E-state index in [2.05, 4.69) is 22.8 Å². The highest BCUT2D eigenvalue weighted by Crippen LogP contribution is 2.25. The van der Waals surface area contributed by atoms with Crippen molar-refractivity contribution in [2.24, 2.45) is 5.92 Å². The predicted octanol–water partition coefficient (Wildman–Crippen LogP) is 3.11. The Hall–Kier alpha value is -1.51. The van der Waals surface area contributed by atoms with Crippen LogP contribution in [0.5, 0.6) is 0 Å². The molecule has 0 radical (unpaired) electrons. The van der Waals surface area contributed by atoms with E-state index in [1.54, 1.807) is 0 Å². The van der Waals surface area contributed by atoms with Crippen molar-refractivity contribution in [2.45, 2.75) is 51.0 Å². The lowest BCUT2D eigenvalue weighted by molar-refractivity contribution is -0.125. The van der Waals surface area contributed by atoms with Gasteiger partial charge in [0.2, 0.25) is 5.91 Å². The molecule has 1 aliphatic carbocycles.